The third kappa shape index (κ3) is 3.44. The van der Waals surface area contributed by atoms with Crippen molar-refractivity contribution < 1.29 is 0 Å². The molecule has 0 amide bonds. The molecule has 7 heteroatoms. The van der Waals surface area contributed by atoms with Crippen LogP contribution in [0.5, 0.6) is 0 Å². The maximum absolute atomic E-state index is 5.32. The van der Waals surface area contributed by atoms with E-state index in [-0.39, 0.29) is 5.66 Å². The van der Waals surface area contributed by atoms with E-state index in [1.807, 2.05) is 24.4 Å². The van der Waals surface area contributed by atoms with E-state index in [0.717, 1.165) is 45.7 Å². The minimum atomic E-state index is -0.227. The van der Waals surface area contributed by atoms with Gasteiger partial charge in [0.15, 0.2) is 0 Å². The van der Waals surface area contributed by atoms with Gasteiger partial charge in [-0.2, -0.15) is 0 Å². The summed E-state index contributed by atoms with van der Waals surface area (Å²) < 4.78 is 2.18. The van der Waals surface area contributed by atoms with Crippen LogP contribution in [0.2, 0.25) is 0 Å². The van der Waals surface area contributed by atoms with Crippen LogP contribution in [0.25, 0.3) is 15.8 Å². The lowest BCUT2D eigenvalue weighted by Gasteiger charge is -2.46. The maximum atomic E-state index is 5.32. The zero-order chi connectivity index (χ0) is 21.6. The molecule has 31 heavy (non-hydrogen) atoms. The van der Waals surface area contributed by atoms with Crippen LogP contribution < -0.4 is 20.5 Å². The Bertz CT molecular complexity index is 1230. The standard InChI is InChI=1S/C24H30N6S/c1-5-24(25-4)17-9-10-23(2,3)12-16(17)18-19-20(31-22(18)30-24)21(29-14-28-19)27-13-15-8-6-7-11-26-15/h6-8,11,14,17,25H,5,9-10,12-13H2,1-4H3,(H,27,28,29). The zero-order valence-corrected chi connectivity index (χ0v) is 19.5. The summed E-state index contributed by atoms with van der Waals surface area (Å²) in [5.41, 5.74) is 3.63. The van der Waals surface area contributed by atoms with Crippen molar-refractivity contribution in [1.29, 1.82) is 0 Å². The Labute approximate surface area is 187 Å². The number of rotatable bonds is 5. The topological polar surface area (TPSA) is 75.1 Å². The molecule has 1 fully saturated rings. The molecule has 2 N–H and O–H groups in total. The molecule has 2 atom stereocenters. The molecule has 0 saturated heterocycles. The average molecular weight is 435 g/mol. The van der Waals surface area contributed by atoms with Gasteiger partial charge in [0.05, 0.1) is 22.5 Å². The third-order valence-corrected chi connectivity index (χ3v) is 8.07. The number of hydrogen-bond donors (Lipinski definition) is 2. The van der Waals surface area contributed by atoms with Crippen molar-refractivity contribution in [2.75, 3.05) is 12.4 Å². The van der Waals surface area contributed by atoms with Gasteiger partial charge >= 0.3 is 0 Å². The van der Waals surface area contributed by atoms with E-state index in [1.165, 1.54) is 17.2 Å². The molecule has 4 heterocycles. The van der Waals surface area contributed by atoms with E-state index in [4.69, 9.17) is 9.98 Å². The third-order valence-electron chi connectivity index (χ3n) is 6.99. The fourth-order valence-corrected chi connectivity index (χ4v) is 6.49. The van der Waals surface area contributed by atoms with E-state index in [1.54, 1.807) is 17.7 Å². The first kappa shape index (κ1) is 20.5. The molecule has 2 unspecified atom stereocenters. The number of nitrogens with zero attached hydrogens (tertiary/aromatic N) is 4. The Morgan fingerprint density at radius 3 is 2.81 bits per heavy atom. The van der Waals surface area contributed by atoms with Gasteiger partial charge in [0.1, 0.15) is 22.5 Å². The number of nitrogens with one attached hydrogen (secondary N) is 2. The molecule has 162 valence electrons. The number of fused-ring (bicyclic) bond motifs is 4. The molecule has 1 aliphatic heterocycles. The van der Waals surface area contributed by atoms with Crippen LogP contribution in [0.15, 0.2) is 35.7 Å². The van der Waals surface area contributed by atoms with Gasteiger partial charge in [-0.25, -0.2) is 9.97 Å². The first-order valence-corrected chi connectivity index (χ1v) is 12.0. The second-order valence-electron chi connectivity index (χ2n) is 9.45. The van der Waals surface area contributed by atoms with Crippen molar-refractivity contribution in [3.8, 4) is 0 Å². The van der Waals surface area contributed by atoms with Crippen molar-refractivity contribution in [2.45, 2.75) is 58.7 Å². The summed E-state index contributed by atoms with van der Waals surface area (Å²) in [6.45, 7) is 7.65. The highest BCUT2D eigenvalue weighted by atomic mass is 32.1. The average Bonchev–Trinajstić information content (AvgIpc) is 3.16. The summed E-state index contributed by atoms with van der Waals surface area (Å²) in [7, 11) is 2.06. The Hall–Kier alpha value is -2.38. The van der Waals surface area contributed by atoms with Crippen molar-refractivity contribution in [1.82, 2.24) is 20.3 Å². The van der Waals surface area contributed by atoms with E-state index in [2.05, 4.69) is 48.4 Å². The van der Waals surface area contributed by atoms with Gasteiger partial charge in [-0.05, 0) is 50.3 Å². The molecule has 2 aliphatic rings. The molecular weight excluding hydrogens is 404 g/mol. The van der Waals surface area contributed by atoms with Gasteiger partial charge in [-0.1, -0.05) is 32.4 Å². The zero-order valence-electron chi connectivity index (χ0n) is 18.7. The van der Waals surface area contributed by atoms with Crippen LogP contribution >= 0.6 is 11.3 Å². The van der Waals surface area contributed by atoms with Gasteiger partial charge < -0.3 is 5.32 Å². The summed E-state index contributed by atoms with van der Waals surface area (Å²) in [5, 5.41) is 8.34. The van der Waals surface area contributed by atoms with Crippen molar-refractivity contribution in [3.63, 3.8) is 0 Å². The fourth-order valence-electron chi connectivity index (χ4n) is 5.29. The normalized spacial score (nSPS) is 24.4. The summed E-state index contributed by atoms with van der Waals surface area (Å²) >= 11 is 1.71. The molecule has 1 aliphatic carbocycles. The summed E-state index contributed by atoms with van der Waals surface area (Å²) in [6.07, 6.45) is 7.95. The van der Waals surface area contributed by atoms with Crippen LogP contribution in [0.1, 0.15) is 52.1 Å². The van der Waals surface area contributed by atoms with E-state index in [9.17, 15) is 0 Å². The first-order valence-electron chi connectivity index (χ1n) is 11.2. The van der Waals surface area contributed by atoms with Gasteiger partial charge in [0.2, 0.25) is 0 Å². The van der Waals surface area contributed by atoms with Gasteiger partial charge in [0, 0.05) is 17.3 Å². The van der Waals surface area contributed by atoms with Crippen molar-refractivity contribution in [3.05, 3.63) is 46.3 Å². The van der Waals surface area contributed by atoms with Crippen LogP contribution in [-0.2, 0) is 6.54 Å². The molecule has 6 nitrogen and oxygen atoms in total. The number of thiophene rings is 1. The van der Waals surface area contributed by atoms with Crippen molar-refractivity contribution in [2.24, 2.45) is 16.3 Å². The van der Waals surface area contributed by atoms with Gasteiger partial charge in [-0.3, -0.25) is 15.3 Å². The minimum absolute atomic E-state index is 0.227. The molecule has 0 aromatic carbocycles. The quantitative estimate of drug-likeness (QED) is 0.641. The number of aromatic nitrogens is 3. The Morgan fingerprint density at radius 1 is 1.19 bits per heavy atom. The Balaban J connectivity index is 1.69. The highest BCUT2D eigenvalue weighted by molar-refractivity contribution is 7.17. The predicted molar refractivity (Wildman–Crippen MR) is 126 cm³/mol. The molecule has 0 radical (unpaired) electrons. The molecule has 5 rings (SSSR count). The highest BCUT2D eigenvalue weighted by Gasteiger charge is 2.45. The predicted octanol–water partition coefficient (Wildman–Crippen LogP) is 3.63. The second-order valence-corrected chi connectivity index (χ2v) is 10.5. The van der Waals surface area contributed by atoms with Gasteiger partial charge in [-0.15, -0.1) is 11.3 Å². The number of anilines is 1. The van der Waals surface area contributed by atoms with E-state index < -0.39 is 0 Å². The van der Waals surface area contributed by atoms with Crippen LogP contribution in [0, 0.1) is 11.3 Å². The largest absolute Gasteiger partial charge is 0.363 e. The lowest BCUT2D eigenvalue weighted by atomic mass is 9.65. The number of pyridine rings is 1. The lowest BCUT2D eigenvalue weighted by Crippen LogP contribution is -2.55. The number of hydrogen-bond acceptors (Lipinski definition) is 7. The van der Waals surface area contributed by atoms with E-state index >= 15 is 0 Å². The highest BCUT2D eigenvalue weighted by Crippen LogP contribution is 2.48. The lowest BCUT2D eigenvalue weighted by molar-refractivity contribution is 0.181. The molecule has 3 aromatic rings. The monoisotopic (exact) mass is 434 g/mol. The van der Waals surface area contributed by atoms with Gasteiger partial charge in [0.25, 0.3) is 0 Å². The Kier molecular flexibility index (Phi) is 5.06. The summed E-state index contributed by atoms with van der Waals surface area (Å²) in [6, 6.07) is 5.96. The van der Waals surface area contributed by atoms with Crippen LogP contribution in [0.3, 0.4) is 0 Å². The van der Waals surface area contributed by atoms with Crippen molar-refractivity contribution >= 4 is 32.9 Å². The maximum Gasteiger partial charge on any atom is 0.147 e. The van der Waals surface area contributed by atoms with Crippen LogP contribution in [0.4, 0.5) is 5.82 Å². The smallest absolute Gasteiger partial charge is 0.147 e. The summed E-state index contributed by atoms with van der Waals surface area (Å²) in [5.74, 6) is 1.28. The molecule has 0 spiro atoms. The second kappa shape index (κ2) is 7.64. The SMILES string of the molecule is CCC1(NC)N=c2sc3c(NCc4ccccn4)ncnc3c2=C2CC(C)(C)CCC21. The fraction of sp³-hybridized carbons (Fsp3) is 0.500. The molecule has 0 bridgehead atoms. The van der Waals surface area contributed by atoms with E-state index in [0.29, 0.717) is 17.9 Å². The first-order chi connectivity index (χ1) is 15.0. The Morgan fingerprint density at radius 2 is 2.06 bits per heavy atom. The summed E-state index contributed by atoms with van der Waals surface area (Å²) in [4.78, 5) is 19.1. The molecular formula is C24H30N6S. The molecule has 3 aromatic heterocycles. The molecule has 1 saturated carbocycles. The minimum Gasteiger partial charge on any atom is -0.363 e. The van der Waals surface area contributed by atoms with Crippen LogP contribution in [-0.4, -0.2) is 27.7 Å².